The van der Waals surface area contributed by atoms with Crippen molar-refractivity contribution in [2.24, 2.45) is 0 Å². The molecular formula is C27H32F3N3O4S. The predicted octanol–water partition coefficient (Wildman–Crippen LogP) is 4.48. The first-order chi connectivity index (χ1) is 18.1. The maximum Gasteiger partial charge on any atom is 0.534 e. The van der Waals surface area contributed by atoms with Crippen LogP contribution in [0.2, 0.25) is 0 Å². The monoisotopic (exact) mass is 551 g/mol. The van der Waals surface area contributed by atoms with Gasteiger partial charge >= 0.3 is 15.6 Å². The molecule has 2 aliphatic rings. The topological polar surface area (TPSA) is 79.0 Å². The average Bonchev–Trinajstić information content (AvgIpc) is 3.41. The van der Waals surface area contributed by atoms with Gasteiger partial charge in [-0.15, -0.1) is 0 Å². The van der Waals surface area contributed by atoms with Crippen LogP contribution in [-0.4, -0.2) is 57.5 Å². The van der Waals surface area contributed by atoms with Gasteiger partial charge in [0.1, 0.15) is 5.75 Å². The molecule has 2 aromatic rings. The minimum Gasteiger partial charge on any atom is -0.376 e. The summed E-state index contributed by atoms with van der Waals surface area (Å²) in [5.74, 6) is -0.497. The third-order valence-corrected chi connectivity index (χ3v) is 7.73. The molecule has 0 spiro atoms. The van der Waals surface area contributed by atoms with Crippen LogP contribution < -0.4 is 14.4 Å². The van der Waals surface area contributed by atoms with E-state index < -0.39 is 15.6 Å². The van der Waals surface area contributed by atoms with E-state index in [2.05, 4.69) is 31.4 Å². The van der Waals surface area contributed by atoms with E-state index >= 15 is 0 Å². The summed E-state index contributed by atoms with van der Waals surface area (Å²) in [4.78, 5) is 16.7. The number of alkyl halides is 3. The lowest BCUT2D eigenvalue weighted by Gasteiger charge is -2.29. The van der Waals surface area contributed by atoms with Gasteiger partial charge in [-0.05, 0) is 85.7 Å². The molecule has 38 heavy (non-hydrogen) atoms. The molecule has 0 saturated carbocycles. The maximum absolute atomic E-state index is 12.6. The number of carbonyl (C=O) groups is 1. The highest BCUT2D eigenvalue weighted by molar-refractivity contribution is 7.88. The van der Waals surface area contributed by atoms with Crippen LogP contribution in [0.25, 0.3) is 6.08 Å². The van der Waals surface area contributed by atoms with Crippen molar-refractivity contribution in [2.45, 2.75) is 44.2 Å². The summed E-state index contributed by atoms with van der Waals surface area (Å²) < 4.78 is 64.6. The van der Waals surface area contributed by atoms with Crippen molar-refractivity contribution < 1.29 is 30.6 Å². The van der Waals surface area contributed by atoms with Crippen molar-refractivity contribution in [2.75, 3.05) is 37.6 Å². The van der Waals surface area contributed by atoms with E-state index in [0.29, 0.717) is 19.5 Å². The Hall–Kier alpha value is -3.05. The Morgan fingerprint density at radius 2 is 1.74 bits per heavy atom. The normalized spacial score (nSPS) is 16.6. The number of benzene rings is 2. The fourth-order valence-electron chi connectivity index (χ4n) is 4.68. The Kier molecular flexibility index (Phi) is 8.99. The number of carbonyl (C=O) groups excluding carboxylic acids is 1. The van der Waals surface area contributed by atoms with Gasteiger partial charge in [0.05, 0.1) is 0 Å². The van der Waals surface area contributed by atoms with Crippen molar-refractivity contribution in [1.82, 2.24) is 10.2 Å². The Balaban J connectivity index is 1.16. The zero-order valence-electron chi connectivity index (χ0n) is 21.0. The van der Waals surface area contributed by atoms with E-state index in [1.807, 2.05) is 12.1 Å². The number of unbranched alkanes of at least 4 members (excludes halogenated alkanes) is 1. The van der Waals surface area contributed by atoms with Gasteiger partial charge in [-0.2, -0.15) is 21.6 Å². The van der Waals surface area contributed by atoms with Gasteiger partial charge < -0.3 is 14.4 Å². The number of hydrogen-bond donors (Lipinski definition) is 1. The lowest BCUT2D eigenvalue weighted by molar-refractivity contribution is -0.116. The number of rotatable bonds is 10. The molecular weight excluding hydrogens is 519 g/mol. The summed E-state index contributed by atoms with van der Waals surface area (Å²) >= 11 is 0. The first-order valence-corrected chi connectivity index (χ1v) is 14.2. The zero-order valence-corrected chi connectivity index (χ0v) is 21.9. The molecule has 0 bridgehead atoms. The molecule has 1 amide bonds. The van der Waals surface area contributed by atoms with Gasteiger partial charge in [0.15, 0.2) is 0 Å². The number of nitrogens with zero attached hydrogens (tertiary/aromatic N) is 2. The average molecular weight is 552 g/mol. The number of anilines is 1. The largest absolute Gasteiger partial charge is 0.534 e. The highest BCUT2D eigenvalue weighted by Gasteiger charge is 2.48. The van der Waals surface area contributed by atoms with Crippen molar-refractivity contribution in [1.29, 1.82) is 0 Å². The second kappa shape index (κ2) is 12.2. The molecule has 1 saturated heterocycles. The minimum absolute atomic E-state index is 0.151. The molecule has 4 rings (SSSR count). The molecule has 0 radical (unpaired) electrons. The number of amides is 1. The summed E-state index contributed by atoms with van der Waals surface area (Å²) in [6.45, 7) is 4.76. The van der Waals surface area contributed by atoms with E-state index in [1.165, 1.54) is 36.7 Å². The summed E-state index contributed by atoms with van der Waals surface area (Å²) in [7, 11) is -5.70. The van der Waals surface area contributed by atoms with E-state index in [1.54, 1.807) is 12.1 Å². The first kappa shape index (κ1) is 28.0. The molecule has 1 fully saturated rings. The Morgan fingerprint density at radius 1 is 1.00 bits per heavy atom. The predicted molar refractivity (Wildman–Crippen MR) is 140 cm³/mol. The third kappa shape index (κ3) is 7.50. The van der Waals surface area contributed by atoms with Crippen molar-refractivity contribution >= 4 is 27.8 Å². The fourth-order valence-corrected chi connectivity index (χ4v) is 5.13. The summed E-state index contributed by atoms with van der Waals surface area (Å²) in [6, 6.07) is 12.4. The van der Waals surface area contributed by atoms with Crippen LogP contribution in [0.4, 0.5) is 18.9 Å². The Morgan fingerprint density at radius 3 is 2.45 bits per heavy atom. The van der Waals surface area contributed by atoms with Crippen LogP contribution in [0, 0.1) is 0 Å². The SMILES string of the molecule is O=C(/C=C/c1ccc(N2CCCC2)cc1)NCCCCN1CCc2ccc(OS(=O)(=O)C(F)(F)F)cc2C1. The lowest BCUT2D eigenvalue weighted by atomic mass is 9.99. The minimum atomic E-state index is -5.70. The van der Waals surface area contributed by atoms with Gasteiger partial charge in [-0.25, -0.2) is 0 Å². The second-order valence-electron chi connectivity index (χ2n) is 9.56. The number of nitrogens with one attached hydrogen (secondary N) is 1. The number of fused-ring (bicyclic) bond motifs is 1. The summed E-state index contributed by atoms with van der Waals surface area (Å²) in [5.41, 5.74) is -1.58. The van der Waals surface area contributed by atoms with Crippen LogP contribution >= 0.6 is 0 Å². The molecule has 2 heterocycles. The molecule has 7 nitrogen and oxygen atoms in total. The van der Waals surface area contributed by atoms with E-state index in [-0.39, 0.29) is 11.7 Å². The zero-order chi connectivity index (χ0) is 27.2. The molecule has 0 atom stereocenters. The third-order valence-electron chi connectivity index (χ3n) is 6.75. The van der Waals surface area contributed by atoms with E-state index in [0.717, 1.165) is 55.7 Å². The van der Waals surface area contributed by atoms with Gasteiger partial charge in [-0.1, -0.05) is 18.2 Å². The van der Waals surface area contributed by atoms with Crippen molar-refractivity contribution in [3.05, 3.63) is 65.2 Å². The van der Waals surface area contributed by atoms with E-state index in [4.69, 9.17) is 0 Å². The molecule has 206 valence electrons. The molecule has 0 aliphatic carbocycles. The molecule has 0 aromatic heterocycles. The van der Waals surface area contributed by atoms with Gasteiger partial charge in [0, 0.05) is 44.5 Å². The van der Waals surface area contributed by atoms with Crippen LogP contribution in [0.5, 0.6) is 5.75 Å². The molecule has 2 aromatic carbocycles. The smallest absolute Gasteiger partial charge is 0.376 e. The van der Waals surface area contributed by atoms with Crippen LogP contribution in [-0.2, 0) is 27.9 Å². The number of hydrogen-bond acceptors (Lipinski definition) is 6. The quantitative estimate of drug-likeness (QED) is 0.203. The van der Waals surface area contributed by atoms with Crippen LogP contribution in [0.3, 0.4) is 0 Å². The highest BCUT2D eigenvalue weighted by Crippen LogP contribution is 2.30. The van der Waals surface area contributed by atoms with Gasteiger partial charge in [0.2, 0.25) is 5.91 Å². The molecule has 11 heteroatoms. The first-order valence-electron chi connectivity index (χ1n) is 12.8. The fraction of sp³-hybridized carbons (Fsp3) is 0.444. The summed E-state index contributed by atoms with van der Waals surface area (Å²) in [6.07, 6.45) is 8.11. The summed E-state index contributed by atoms with van der Waals surface area (Å²) in [5, 5.41) is 2.89. The van der Waals surface area contributed by atoms with Gasteiger partial charge in [0.25, 0.3) is 0 Å². The van der Waals surface area contributed by atoms with E-state index in [9.17, 15) is 26.4 Å². The van der Waals surface area contributed by atoms with Crippen molar-refractivity contribution in [3.63, 3.8) is 0 Å². The van der Waals surface area contributed by atoms with Crippen LogP contribution in [0.1, 0.15) is 42.4 Å². The highest BCUT2D eigenvalue weighted by atomic mass is 32.2. The molecule has 0 unspecified atom stereocenters. The standard InChI is InChI=1S/C27H32F3N3O4S/c28-27(29,30)38(35,36)37-25-11-8-22-13-18-32(20-23(22)19-25)15-2-1-14-31-26(34)12-7-21-5-9-24(10-6-21)33-16-3-4-17-33/h5-12,19H,1-4,13-18,20H2,(H,31,34)/b12-7+. The van der Waals surface area contributed by atoms with Crippen LogP contribution in [0.15, 0.2) is 48.5 Å². The number of halogens is 3. The maximum atomic E-state index is 12.6. The Labute approximate surface area is 221 Å². The molecule has 1 N–H and O–H groups in total. The molecule has 2 aliphatic heterocycles. The van der Waals surface area contributed by atoms with Gasteiger partial charge in [-0.3, -0.25) is 9.69 Å². The second-order valence-corrected chi connectivity index (χ2v) is 11.1. The lowest BCUT2D eigenvalue weighted by Crippen LogP contribution is -2.32. The Bertz CT molecular complexity index is 1240. The van der Waals surface area contributed by atoms with Crippen molar-refractivity contribution in [3.8, 4) is 5.75 Å².